The van der Waals surface area contributed by atoms with Gasteiger partial charge in [0.2, 0.25) is 0 Å². The highest BCUT2D eigenvalue weighted by atomic mass is 16.7. The number of rotatable bonds is 6. The summed E-state index contributed by atoms with van der Waals surface area (Å²) in [6.07, 6.45) is 1.37. The van der Waals surface area contributed by atoms with Crippen molar-refractivity contribution in [3.8, 4) is 5.75 Å². The lowest BCUT2D eigenvalue weighted by atomic mass is 10.1. The first kappa shape index (κ1) is 22.0. The third kappa shape index (κ3) is 5.35. The molecule has 0 radical (unpaired) electrons. The Bertz CT molecular complexity index is 965. The fourth-order valence-corrected chi connectivity index (χ4v) is 2.45. The molecule has 1 aromatic heterocycles. The Kier molecular flexibility index (Phi) is 6.65. The monoisotopic (exact) mass is 405 g/mol. The Balaban J connectivity index is 2.59. The molecule has 156 valence electrons. The predicted octanol–water partition coefficient (Wildman–Crippen LogP) is 3.05. The maximum atomic E-state index is 12.6. The molecule has 9 nitrogen and oxygen atoms in total. The zero-order valence-electron chi connectivity index (χ0n) is 16.8. The normalized spacial score (nSPS) is 12.0. The standard InChI is InChI=1S/C20H23NO8/c1-20(2,3)29-19(25)21-10-14(16(22)9-17(23)18(24)27-5)13-8-12(28-11-26-4)6-7-15(13)21/h6-10,22H,11H2,1-5H3/b16-9+. The molecule has 2 aromatic rings. The van der Waals surface area contributed by atoms with Gasteiger partial charge >= 0.3 is 12.1 Å². The smallest absolute Gasteiger partial charge is 0.419 e. The number of fused-ring (bicyclic) bond motifs is 1. The molecule has 0 amide bonds. The van der Waals surface area contributed by atoms with Crippen molar-refractivity contribution in [3.63, 3.8) is 0 Å². The Morgan fingerprint density at radius 1 is 1.17 bits per heavy atom. The van der Waals surface area contributed by atoms with Crippen molar-refractivity contribution in [1.82, 2.24) is 4.57 Å². The molecular weight excluding hydrogens is 382 g/mol. The van der Waals surface area contributed by atoms with E-state index in [9.17, 15) is 19.5 Å². The Hall–Kier alpha value is -3.33. The molecule has 0 fully saturated rings. The van der Waals surface area contributed by atoms with Crippen LogP contribution in [0.15, 0.2) is 30.5 Å². The maximum Gasteiger partial charge on any atom is 0.419 e. The summed E-state index contributed by atoms with van der Waals surface area (Å²) in [4.78, 5) is 35.7. The zero-order valence-corrected chi connectivity index (χ0v) is 16.8. The van der Waals surface area contributed by atoms with E-state index in [4.69, 9.17) is 14.2 Å². The number of methoxy groups -OCH3 is 2. The van der Waals surface area contributed by atoms with Crippen LogP contribution in [0.2, 0.25) is 0 Å². The van der Waals surface area contributed by atoms with Gasteiger partial charge in [-0.05, 0) is 39.0 Å². The van der Waals surface area contributed by atoms with Crippen molar-refractivity contribution in [2.24, 2.45) is 0 Å². The Labute approximate surface area is 167 Å². The molecule has 1 aromatic carbocycles. The summed E-state index contributed by atoms with van der Waals surface area (Å²) in [5.74, 6) is -2.28. The minimum Gasteiger partial charge on any atom is -0.507 e. The number of carbonyl (C=O) groups excluding carboxylic acids is 3. The number of aliphatic hydroxyl groups is 1. The lowest BCUT2D eigenvalue weighted by Gasteiger charge is -2.19. The van der Waals surface area contributed by atoms with E-state index in [0.29, 0.717) is 16.7 Å². The van der Waals surface area contributed by atoms with Gasteiger partial charge in [-0.15, -0.1) is 0 Å². The van der Waals surface area contributed by atoms with Gasteiger partial charge < -0.3 is 24.1 Å². The number of hydrogen-bond acceptors (Lipinski definition) is 8. The van der Waals surface area contributed by atoms with E-state index in [0.717, 1.165) is 13.2 Å². The van der Waals surface area contributed by atoms with Crippen LogP contribution < -0.4 is 4.74 Å². The van der Waals surface area contributed by atoms with E-state index in [1.165, 1.54) is 17.9 Å². The highest BCUT2D eigenvalue weighted by Crippen LogP contribution is 2.30. The lowest BCUT2D eigenvalue weighted by Crippen LogP contribution is -2.26. The van der Waals surface area contributed by atoms with Crippen molar-refractivity contribution in [2.45, 2.75) is 26.4 Å². The van der Waals surface area contributed by atoms with Gasteiger partial charge in [-0.3, -0.25) is 9.36 Å². The number of aliphatic hydroxyl groups excluding tert-OH is 1. The van der Waals surface area contributed by atoms with Crippen molar-refractivity contribution in [3.05, 3.63) is 36.0 Å². The number of benzene rings is 1. The first-order valence-electron chi connectivity index (χ1n) is 8.61. The van der Waals surface area contributed by atoms with E-state index in [1.54, 1.807) is 39.0 Å². The van der Waals surface area contributed by atoms with Gasteiger partial charge in [0.1, 0.15) is 17.1 Å². The molecule has 0 atom stereocenters. The number of nitrogens with zero attached hydrogens (tertiary/aromatic N) is 1. The second kappa shape index (κ2) is 8.78. The molecule has 0 aliphatic rings. The Morgan fingerprint density at radius 2 is 1.86 bits per heavy atom. The van der Waals surface area contributed by atoms with Crippen molar-refractivity contribution in [2.75, 3.05) is 21.0 Å². The van der Waals surface area contributed by atoms with E-state index >= 15 is 0 Å². The number of esters is 1. The van der Waals surface area contributed by atoms with Crippen molar-refractivity contribution >= 4 is 34.5 Å². The minimum absolute atomic E-state index is 0.00371. The number of aromatic nitrogens is 1. The second-order valence-electron chi connectivity index (χ2n) is 7.01. The first-order chi connectivity index (χ1) is 13.6. The van der Waals surface area contributed by atoms with Crippen molar-refractivity contribution in [1.29, 1.82) is 0 Å². The fourth-order valence-electron chi connectivity index (χ4n) is 2.45. The van der Waals surface area contributed by atoms with Gasteiger partial charge in [0.25, 0.3) is 5.78 Å². The SMILES string of the molecule is COCOc1ccc2c(c1)c(/C(O)=C\C(=O)C(=O)OC)cn2C(=O)OC(C)(C)C. The summed E-state index contributed by atoms with van der Waals surface area (Å²) < 4.78 is 21.2. The van der Waals surface area contributed by atoms with Crippen LogP contribution in [-0.4, -0.2) is 54.1 Å². The van der Waals surface area contributed by atoms with Gasteiger partial charge in [-0.25, -0.2) is 9.59 Å². The number of carbonyl (C=O) groups is 3. The van der Waals surface area contributed by atoms with Crippen LogP contribution >= 0.6 is 0 Å². The first-order valence-corrected chi connectivity index (χ1v) is 8.61. The highest BCUT2D eigenvalue weighted by molar-refractivity contribution is 6.39. The quantitative estimate of drug-likeness (QED) is 0.256. The molecule has 29 heavy (non-hydrogen) atoms. The molecule has 2 rings (SSSR count). The van der Waals surface area contributed by atoms with E-state index in [-0.39, 0.29) is 12.4 Å². The van der Waals surface area contributed by atoms with Crippen LogP contribution in [0, 0.1) is 0 Å². The van der Waals surface area contributed by atoms with Crippen molar-refractivity contribution < 1.29 is 38.4 Å². The number of ether oxygens (including phenoxy) is 4. The van der Waals surface area contributed by atoms with E-state index in [1.807, 2.05) is 0 Å². The molecule has 0 aliphatic carbocycles. The maximum absolute atomic E-state index is 12.6. The molecular formula is C20H23NO8. The molecule has 0 unspecified atom stereocenters. The van der Waals surface area contributed by atoms with E-state index in [2.05, 4.69) is 4.74 Å². The van der Waals surface area contributed by atoms with Crippen LogP contribution in [0.4, 0.5) is 4.79 Å². The van der Waals surface area contributed by atoms with Crippen LogP contribution in [0.25, 0.3) is 16.7 Å². The summed E-state index contributed by atoms with van der Waals surface area (Å²) in [5, 5.41) is 10.8. The van der Waals surface area contributed by atoms with Crippen LogP contribution in [0.3, 0.4) is 0 Å². The number of ketones is 1. The predicted molar refractivity (Wildman–Crippen MR) is 104 cm³/mol. The van der Waals surface area contributed by atoms with Gasteiger partial charge in [-0.1, -0.05) is 0 Å². The van der Waals surface area contributed by atoms with Crippen LogP contribution in [0.5, 0.6) is 5.75 Å². The van der Waals surface area contributed by atoms with E-state index < -0.39 is 29.2 Å². The summed E-state index contributed by atoms with van der Waals surface area (Å²) in [6, 6.07) is 4.78. The van der Waals surface area contributed by atoms with Gasteiger partial charge in [0, 0.05) is 30.3 Å². The second-order valence-corrected chi connectivity index (χ2v) is 7.01. The largest absolute Gasteiger partial charge is 0.507 e. The highest BCUT2D eigenvalue weighted by Gasteiger charge is 2.23. The topological polar surface area (TPSA) is 113 Å². The molecule has 1 heterocycles. The van der Waals surface area contributed by atoms with Gasteiger partial charge in [0.05, 0.1) is 12.6 Å². The lowest BCUT2D eigenvalue weighted by molar-refractivity contribution is -0.149. The molecule has 0 bridgehead atoms. The molecule has 0 saturated heterocycles. The molecule has 0 aliphatic heterocycles. The number of hydrogen-bond donors (Lipinski definition) is 1. The summed E-state index contributed by atoms with van der Waals surface area (Å²) in [6.45, 7) is 5.16. The summed E-state index contributed by atoms with van der Waals surface area (Å²) in [5.41, 5.74) is -0.205. The summed E-state index contributed by atoms with van der Waals surface area (Å²) >= 11 is 0. The molecule has 0 spiro atoms. The molecule has 1 N–H and O–H groups in total. The third-order valence-electron chi connectivity index (χ3n) is 3.64. The average Bonchev–Trinajstić information content (AvgIpc) is 3.03. The third-order valence-corrected chi connectivity index (χ3v) is 3.64. The van der Waals surface area contributed by atoms with Crippen LogP contribution in [-0.2, 0) is 23.8 Å². The molecule has 9 heteroatoms. The Morgan fingerprint density at radius 3 is 2.45 bits per heavy atom. The summed E-state index contributed by atoms with van der Waals surface area (Å²) in [7, 11) is 2.52. The van der Waals surface area contributed by atoms with Gasteiger partial charge in [-0.2, -0.15) is 0 Å². The fraction of sp³-hybridized carbons (Fsp3) is 0.350. The molecule has 0 saturated carbocycles. The van der Waals surface area contributed by atoms with Crippen LogP contribution in [0.1, 0.15) is 26.3 Å². The van der Waals surface area contributed by atoms with Gasteiger partial charge in [0.15, 0.2) is 6.79 Å². The zero-order chi connectivity index (χ0) is 21.8. The average molecular weight is 405 g/mol. The minimum atomic E-state index is -1.13.